The second kappa shape index (κ2) is 5.27. The molecule has 1 N–H and O–H groups in total. The molecule has 0 bridgehead atoms. The molecular formula is C19H19ClN2O. The van der Waals surface area contributed by atoms with Crippen LogP contribution in [0.15, 0.2) is 48.5 Å². The Morgan fingerprint density at radius 1 is 1.17 bits per heavy atom. The number of amides is 2. The molecule has 2 aromatic carbocycles. The first-order chi connectivity index (χ1) is 11.1. The Kier molecular flexibility index (Phi) is 3.34. The topological polar surface area (TPSA) is 32.3 Å². The zero-order chi connectivity index (χ0) is 16.0. The Bertz CT molecular complexity index is 752. The van der Waals surface area contributed by atoms with Crippen molar-refractivity contribution in [1.29, 1.82) is 0 Å². The summed E-state index contributed by atoms with van der Waals surface area (Å²) >= 11 is 5.97. The van der Waals surface area contributed by atoms with Crippen LogP contribution in [-0.2, 0) is 12.1 Å². The van der Waals surface area contributed by atoms with E-state index < -0.39 is 0 Å². The van der Waals surface area contributed by atoms with E-state index in [1.165, 1.54) is 11.1 Å². The second-order valence-electron chi connectivity index (χ2n) is 6.52. The van der Waals surface area contributed by atoms with Gasteiger partial charge in [0.2, 0.25) is 0 Å². The molecule has 3 nitrogen and oxygen atoms in total. The highest BCUT2D eigenvalue weighted by Crippen LogP contribution is 2.46. The van der Waals surface area contributed by atoms with Crippen LogP contribution in [-0.4, -0.2) is 10.9 Å². The third-order valence-electron chi connectivity index (χ3n) is 5.07. The van der Waals surface area contributed by atoms with Crippen molar-refractivity contribution in [3.63, 3.8) is 0 Å². The lowest BCUT2D eigenvalue weighted by atomic mass is 10.1. The maximum atomic E-state index is 12.8. The Balaban J connectivity index is 1.52. The van der Waals surface area contributed by atoms with E-state index >= 15 is 0 Å². The number of benzene rings is 2. The average Bonchev–Trinajstić information content (AvgIpc) is 3.25. The van der Waals surface area contributed by atoms with Gasteiger partial charge in [0.25, 0.3) is 0 Å². The maximum absolute atomic E-state index is 12.8. The van der Waals surface area contributed by atoms with Gasteiger partial charge in [0, 0.05) is 11.6 Å². The van der Waals surface area contributed by atoms with Crippen molar-refractivity contribution >= 4 is 17.6 Å². The van der Waals surface area contributed by atoms with E-state index in [4.69, 9.17) is 11.6 Å². The van der Waals surface area contributed by atoms with Crippen molar-refractivity contribution in [2.75, 3.05) is 0 Å². The number of nitrogens with zero attached hydrogens (tertiary/aromatic N) is 1. The predicted octanol–water partition coefficient (Wildman–Crippen LogP) is 4.62. The molecule has 0 spiro atoms. The summed E-state index contributed by atoms with van der Waals surface area (Å²) in [6.07, 6.45) is 1.96. The molecule has 0 radical (unpaired) electrons. The van der Waals surface area contributed by atoms with Crippen LogP contribution in [0.25, 0.3) is 0 Å². The van der Waals surface area contributed by atoms with E-state index in [2.05, 4.69) is 24.4 Å². The van der Waals surface area contributed by atoms with Crippen molar-refractivity contribution in [2.24, 2.45) is 0 Å². The SMILES string of the molecule is CC1c2ccccc2CN1C(=O)NC1(c2ccc(Cl)cc2)CC1. The third-order valence-corrected chi connectivity index (χ3v) is 5.32. The first kappa shape index (κ1) is 14.6. The van der Waals surface area contributed by atoms with E-state index in [1.807, 2.05) is 41.3 Å². The summed E-state index contributed by atoms with van der Waals surface area (Å²) in [6.45, 7) is 2.77. The smallest absolute Gasteiger partial charge is 0.318 e. The van der Waals surface area contributed by atoms with Gasteiger partial charge in [0.1, 0.15) is 0 Å². The van der Waals surface area contributed by atoms with Crippen LogP contribution >= 0.6 is 11.6 Å². The molecular weight excluding hydrogens is 308 g/mol. The van der Waals surface area contributed by atoms with Gasteiger partial charge in [0.05, 0.1) is 11.6 Å². The minimum atomic E-state index is -0.212. The van der Waals surface area contributed by atoms with Gasteiger partial charge in [0.15, 0.2) is 0 Å². The average molecular weight is 327 g/mol. The molecule has 4 rings (SSSR count). The molecule has 23 heavy (non-hydrogen) atoms. The number of rotatable bonds is 2. The normalized spacial score (nSPS) is 21.0. The van der Waals surface area contributed by atoms with Crippen LogP contribution in [0.1, 0.15) is 42.5 Å². The standard InChI is InChI=1S/C19H19ClN2O/c1-13-17-5-3-2-4-14(17)12-22(13)18(23)21-19(10-11-19)15-6-8-16(20)9-7-15/h2-9,13H,10-12H2,1H3,(H,21,23). The van der Waals surface area contributed by atoms with E-state index in [9.17, 15) is 4.79 Å². The Morgan fingerprint density at radius 2 is 1.87 bits per heavy atom. The third kappa shape index (κ3) is 2.49. The van der Waals surface area contributed by atoms with Gasteiger partial charge in [-0.3, -0.25) is 0 Å². The van der Waals surface area contributed by atoms with Crippen LogP contribution in [0.4, 0.5) is 4.79 Å². The van der Waals surface area contributed by atoms with Gasteiger partial charge in [-0.25, -0.2) is 4.79 Å². The molecule has 0 saturated heterocycles. The van der Waals surface area contributed by atoms with E-state index in [1.54, 1.807) is 0 Å². The summed E-state index contributed by atoms with van der Waals surface area (Å²) in [6, 6.07) is 16.2. The fraction of sp³-hybridized carbons (Fsp3) is 0.316. The number of hydrogen-bond donors (Lipinski definition) is 1. The molecule has 1 fully saturated rings. The molecule has 2 aliphatic rings. The van der Waals surface area contributed by atoms with Crippen LogP contribution in [0.2, 0.25) is 5.02 Å². The fourth-order valence-electron chi connectivity index (χ4n) is 3.48. The van der Waals surface area contributed by atoms with E-state index in [-0.39, 0.29) is 17.6 Å². The van der Waals surface area contributed by atoms with Crippen LogP contribution in [0.5, 0.6) is 0 Å². The van der Waals surface area contributed by atoms with E-state index in [0.717, 1.165) is 23.4 Å². The van der Waals surface area contributed by atoms with Gasteiger partial charge >= 0.3 is 6.03 Å². The quantitative estimate of drug-likeness (QED) is 0.858. The number of halogens is 1. The molecule has 1 aliphatic carbocycles. The molecule has 1 atom stereocenters. The number of carbonyl (C=O) groups is 1. The molecule has 118 valence electrons. The summed E-state index contributed by atoms with van der Waals surface area (Å²) in [7, 11) is 0. The van der Waals surface area contributed by atoms with Crippen LogP contribution in [0.3, 0.4) is 0 Å². The molecule has 1 unspecified atom stereocenters. The van der Waals surface area contributed by atoms with Crippen molar-refractivity contribution in [2.45, 2.75) is 37.9 Å². The van der Waals surface area contributed by atoms with Gasteiger partial charge in [-0.05, 0) is 48.6 Å². The van der Waals surface area contributed by atoms with Crippen molar-refractivity contribution in [3.8, 4) is 0 Å². The van der Waals surface area contributed by atoms with Crippen molar-refractivity contribution < 1.29 is 4.79 Å². The van der Waals surface area contributed by atoms with Crippen molar-refractivity contribution in [3.05, 3.63) is 70.2 Å². The number of fused-ring (bicyclic) bond motifs is 1. The van der Waals surface area contributed by atoms with Crippen LogP contribution in [0, 0.1) is 0 Å². The van der Waals surface area contributed by atoms with Gasteiger partial charge in [-0.15, -0.1) is 0 Å². The molecule has 1 heterocycles. The monoisotopic (exact) mass is 326 g/mol. The zero-order valence-electron chi connectivity index (χ0n) is 13.1. The summed E-state index contributed by atoms with van der Waals surface area (Å²) in [5.74, 6) is 0. The lowest BCUT2D eigenvalue weighted by Gasteiger charge is -2.26. The molecule has 0 aromatic heterocycles. The summed E-state index contributed by atoms with van der Waals surface area (Å²) in [4.78, 5) is 14.7. The number of urea groups is 1. The maximum Gasteiger partial charge on any atom is 0.318 e. The number of carbonyl (C=O) groups excluding carboxylic acids is 1. The fourth-order valence-corrected chi connectivity index (χ4v) is 3.60. The Hall–Kier alpha value is -2.00. The Labute approximate surface area is 141 Å². The lowest BCUT2D eigenvalue weighted by molar-refractivity contribution is 0.179. The van der Waals surface area contributed by atoms with Gasteiger partial charge < -0.3 is 10.2 Å². The predicted molar refractivity (Wildman–Crippen MR) is 91.3 cm³/mol. The zero-order valence-corrected chi connectivity index (χ0v) is 13.8. The number of hydrogen-bond acceptors (Lipinski definition) is 1. The number of nitrogens with one attached hydrogen (secondary N) is 1. The minimum absolute atomic E-state index is 0.0150. The van der Waals surface area contributed by atoms with Crippen molar-refractivity contribution in [1.82, 2.24) is 10.2 Å². The minimum Gasteiger partial charge on any atom is -0.328 e. The summed E-state index contributed by atoms with van der Waals surface area (Å²) in [5, 5.41) is 3.98. The molecule has 2 aromatic rings. The molecule has 1 saturated carbocycles. The van der Waals surface area contributed by atoms with Crippen LogP contribution < -0.4 is 5.32 Å². The summed E-state index contributed by atoms with van der Waals surface area (Å²) in [5.41, 5.74) is 3.42. The molecule has 1 aliphatic heterocycles. The largest absolute Gasteiger partial charge is 0.328 e. The summed E-state index contributed by atoms with van der Waals surface area (Å²) < 4.78 is 0. The molecule has 2 amide bonds. The van der Waals surface area contributed by atoms with Gasteiger partial charge in [-0.2, -0.15) is 0 Å². The van der Waals surface area contributed by atoms with E-state index in [0.29, 0.717) is 6.54 Å². The highest BCUT2D eigenvalue weighted by atomic mass is 35.5. The highest BCUT2D eigenvalue weighted by Gasteiger charge is 2.47. The second-order valence-corrected chi connectivity index (χ2v) is 6.96. The van der Waals surface area contributed by atoms with Gasteiger partial charge in [-0.1, -0.05) is 48.0 Å². The molecule has 4 heteroatoms. The lowest BCUT2D eigenvalue weighted by Crippen LogP contribution is -2.43. The Morgan fingerprint density at radius 3 is 2.52 bits per heavy atom. The highest BCUT2D eigenvalue weighted by molar-refractivity contribution is 6.30. The first-order valence-corrected chi connectivity index (χ1v) is 8.39. The first-order valence-electron chi connectivity index (χ1n) is 8.02.